The van der Waals surface area contributed by atoms with Gasteiger partial charge in [-0.3, -0.25) is 28.9 Å². The van der Waals surface area contributed by atoms with Crippen molar-refractivity contribution in [1.82, 2.24) is 10.2 Å². The quantitative estimate of drug-likeness (QED) is 0.0489. The Hall–Kier alpha value is -6.42. The fraction of sp³-hybridized carbons (Fsp3) is 0.319. The van der Waals surface area contributed by atoms with Crippen LogP contribution in [0.4, 0.5) is 16.2 Å². The summed E-state index contributed by atoms with van der Waals surface area (Å²) in [6.45, 7) is 7.59. The fourth-order valence-electron chi connectivity index (χ4n) is 8.52. The molecule has 1 N–H and O–H groups in total. The summed E-state index contributed by atoms with van der Waals surface area (Å²) in [5.74, 6) is -0.872. The number of carbonyl (C=O) groups excluding carboxylic acids is 6. The van der Waals surface area contributed by atoms with E-state index in [1.807, 2.05) is 48.5 Å². The second kappa shape index (κ2) is 18.3. The van der Waals surface area contributed by atoms with Crippen molar-refractivity contribution in [2.75, 3.05) is 62.4 Å². The van der Waals surface area contributed by atoms with Gasteiger partial charge >= 0.3 is 12.1 Å². The number of amides is 5. The lowest BCUT2D eigenvalue weighted by Crippen LogP contribution is -2.33. The highest BCUT2D eigenvalue weighted by Crippen LogP contribution is 2.49. The molecule has 0 aliphatic carbocycles. The predicted molar refractivity (Wildman–Crippen MR) is 234 cm³/mol. The van der Waals surface area contributed by atoms with Gasteiger partial charge in [0.2, 0.25) is 0 Å². The molecule has 0 saturated carbocycles. The first-order valence-electron chi connectivity index (χ1n) is 20.8. The van der Waals surface area contributed by atoms with Crippen molar-refractivity contribution in [2.24, 2.45) is 0 Å². The van der Waals surface area contributed by atoms with Gasteiger partial charge in [0, 0.05) is 73.5 Å². The van der Waals surface area contributed by atoms with Gasteiger partial charge in [0.1, 0.15) is 11.5 Å². The minimum atomic E-state index is -0.686. The number of thiophene rings is 1. The number of ether oxygens (including phenoxy) is 4. The maximum absolute atomic E-state index is 14.4. The summed E-state index contributed by atoms with van der Waals surface area (Å²) < 4.78 is 22.5. The van der Waals surface area contributed by atoms with Crippen LogP contribution in [0.15, 0.2) is 84.9 Å². The zero-order valence-electron chi connectivity index (χ0n) is 34.6. The largest absolute Gasteiger partial charge is 0.426 e. The van der Waals surface area contributed by atoms with E-state index >= 15 is 0 Å². The van der Waals surface area contributed by atoms with Crippen LogP contribution < -0.4 is 24.6 Å². The van der Waals surface area contributed by atoms with Crippen LogP contribution in [0.3, 0.4) is 0 Å². The number of imide groups is 1. The molecule has 0 bridgehead atoms. The maximum atomic E-state index is 14.4. The van der Waals surface area contributed by atoms with Crippen molar-refractivity contribution in [3.63, 3.8) is 0 Å². The molecular formula is C47H46N4O10S. The summed E-state index contributed by atoms with van der Waals surface area (Å²) in [7, 11) is 0. The highest BCUT2D eigenvalue weighted by atomic mass is 32.1. The van der Waals surface area contributed by atoms with Crippen LogP contribution in [0.2, 0.25) is 0 Å². The number of nitrogens with one attached hydrogen (secondary N) is 1. The van der Waals surface area contributed by atoms with Crippen molar-refractivity contribution in [2.45, 2.75) is 45.4 Å². The average molecular weight is 859 g/mol. The van der Waals surface area contributed by atoms with E-state index in [1.54, 1.807) is 34.1 Å². The first kappa shape index (κ1) is 42.3. The first-order valence-corrected chi connectivity index (χ1v) is 21.6. The van der Waals surface area contributed by atoms with E-state index in [1.165, 1.54) is 19.1 Å². The lowest BCUT2D eigenvalue weighted by atomic mass is 9.93. The van der Waals surface area contributed by atoms with E-state index < -0.39 is 12.1 Å². The van der Waals surface area contributed by atoms with Gasteiger partial charge in [-0.1, -0.05) is 62.4 Å². The zero-order valence-corrected chi connectivity index (χ0v) is 35.5. The van der Waals surface area contributed by atoms with Crippen LogP contribution in [-0.4, -0.2) is 93.2 Å². The number of rotatable bonds is 15. The molecule has 5 aromatic rings. The number of benzene rings is 4. The molecule has 0 saturated heterocycles. The Bertz CT molecular complexity index is 2620. The molecule has 8 rings (SSSR count). The number of esters is 1. The Kier molecular flexibility index (Phi) is 12.5. The van der Waals surface area contributed by atoms with Crippen LogP contribution in [0.25, 0.3) is 21.5 Å². The molecule has 4 heterocycles. The monoisotopic (exact) mass is 858 g/mol. The van der Waals surface area contributed by atoms with Crippen LogP contribution >= 0.6 is 11.3 Å². The Morgan fingerprint density at radius 3 is 1.65 bits per heavy atom. The summed E-state index contributed by atoms with van der Waals surface area (Å²) in [5.41, 5.74) is 3.38. The third-order valence-electron chi connectivity index (χ3n) is 11.5. The summed E-state index contributed by atoms with van der Waals surface area (Å²) in [6.07, 6.45) is 3.34. The third-order valence-corrected chi connectivity index (χ3v) is 12.5. The highest BCUT2D eigenvalue weighted by Gasteiger charge is 2.38. The maximum Gasteiger partial charge on any atom is 0.412 e. The molecule has 320 valence electrons. The molecule has 0 fully saturated rings. The number of carbonyl (C=O) groups is 6. The second-order valence-electron chi connectivity index (χ2n) is 15.2. The molecule has 2 atom stereocenters. The molecule has 2 unspecified atom stereocenters. The summed E-state index contributed by atoms with van der Waals surface area (Å²) in [6, 6.07) is 22.3. The molecule has 3 aliphatic heterocycles. The van der Waals surface area contributed by atoms with Crippen molar-refractivity contribution >= 4 is 79.9 Å². The van der Waals surface area contributed by atoms with Crippen LogP contribution in [-0.2, 0) is 23.9 Å². The zero-order chi connectivity index (χ0) is 43.5. The van der Waals surface area contributed by atoms with Crippen LogP contribution in [0.5, 0.6) is 11.5 Å². The normalized spacial score (nSPS) is 16.7. The van der Waals surface area contributed by atoms with Gasteiger partial charge < -0.3 is 34.1 Å². The van der Waals surface area contributed by atoms with E-state index in [9.17, 15) is 28.8 Å². The predicted octanol–water partition coefficient (Wildman–Crippen LogP) is 7.33. The molecule has 0 spiro atoms. The van der Waals surface area contributed by atoms with E-state index in [-0.39, 0.29) is 75.0 Å². The van der Waals surface area contributed by atoms with E-state index in [0.717, 1.165) is 61.8 Å². The summed E-state index contributed by atoms with van der Waals surface area (Å²) >= 11 is 1.14. The van der Waals surface area contributed by atoms with Gasteiger partial charge in [0.05, 0.1) is 54.1 Å². The highest BCUT2D eigenvalue weighted by molar-refractivity contribution is 7.16. The van der Waals surface area contributed by atoms with Crippen molar-refractivity contribution < 1.29 is 47.7 Å². The van der Waals surface area contributed by atoms with Gasteiger partial charge in [-0.05, 0) is 46.9 Å². The second-order valence-corrected chi connectivity index (χ2v) is 16.3. The number of anilines is 2. The number of hydrogen-bond donors (Lipinski definition) is 1. The molecule has 14 nitrogen and oxygen atoms in total. The lowest BCUT2D eigenvalue weighted by molar-refractivity contribution is -0.137. The first-order chi connectivity index (χ1) is 30.1. The molecule has 62 heavy (non-hydrogen) atoms. The smallest absolute Gasteiger partial charge is 0.412 e. The Balaban J connectivity index is 0.946. The van der Waals surface area contributed by atoms with Gasteiger partial charge in [0.15, 0.2) is 0 Å². The molecule has 15 heteroatoms. The molecular weight excluding hydrogens is 813 g/mol. The Morgan fingerprint density at radius 1 is 0.661 bits per heavy atom. The third kappa shape index (κ3) is 8.30. The van der Waals surface area contributed by atoms with Gasteiger partial charge in [-0.15, -0.1) is 11.3 Å². The summed E-state index contributed by atoms with van der Waals surface area (Å²) in [5, 5.41) is 6.08. The summed E-state index contributed by atoms with van der Waals surface area (Å²) in [4.78, 5) is 82.5. The van der Waals surface area contributed by atoms with Crippen molar-refractivity contribution in [3.05, 3.63) is 106 Å². The number of nitrogens with zero attached hydrogens (tertiary/aromatic N) is 3. The SMILES string of the molecule is CCC1CN(C(=O)c2ccc(C(=O)N3CC(CC)c4c3cc(OC(=O)NCCOCCOCCN3C(=O)C=CC3=O)c3ccccc43)s2)c2cc(OC(C)=O)c3ccccc3c21. The number of hydrogen-bond acceptors (Lipinski definition) is 11. The van der Waals surface area contributed by atoms with E-state index in [4.69, 9.17) is 18.9 Å². The topological polar surface area (TPSA) is 161 Å². The van der Waals surface area contributed by atoms with Gasteiger partial charge in [-0.25, -0.2) is 4.79 Å². The average Bonchev–Trinajstić information content (AvgIpc) is 4.07. The molecule has 3 aliphatic rings. The van der Waals surface area contributed by atoms with Crippen molar-refractivity contribution in [1.29, 1.82) is 0 Å². The molecule has 4 aromatic carbocycles. The standard InChI is InChI=1S/C47H46N4O10S/c1-4-29-26-50(35-24-37(60-28(3)52)31-10-6-8-12-33(31)43(29)35)45(55)39-14-15-40(62-39)46(56)51-27-30(5-2)44-34-13-9-7-11-32(34)38(25-36(44)51)61-47(57)48-18-20-58-22-23-59-21-19-49-41(53)16-17-42(49)54/h6-17,24-25,29-30H,4-5,18-23,26-27H2,1-3H3,(H,48,57). The van der Waals surface area contributed by atoms with Crippen LogP contribution in [0.1, 0.15) is 75.9 Å². The van der Waals surface area contributed by atoms with Gasteiger partial charge in [-0.2, -0.15) is 0 Å². The number of fused-ring (bicyclic) bond motifs is 6. The van der Waals surface area contributed by atoms with Crippen molar-refractivity contribution in [3.8, 4) is 11.5 Å². The van der Waals surface area contributed by atoms with Gasteiger partial charge in [0.25, 0.3) is 23.6 Å². The van der Waals surface area contributed by atoms with Crippen LogP contribution in [0, 0.1) is 0 Å². The minimum Gasteiger partial charge on any atom is -0.426 e. The lowest BCUT2D eigenvalue weighted by Gasteiger charge is -2.19. The Morgan fingerprint density at radius 2 is 1.15 bits per heavy atom. The minimum absolute atomic E-state index is 0.0273. The molecule has 0 radical (unpaired) electrons. The molecule has 5 amide bonds. The van der Waals surface area contributed by atoms with E-state index in [2.05, 4.69) is 19.2 Å². The Labute approximate surface area is 361 Å². The molecule has 1 aromatic heterocycles. The fourth-order valence-corrected chi connectivity index (χ4v) is 9.43. The van der Waals surface area contributed by atoms with E-state index in [0.29, 0.717) is 45.7 Å².